The van der Waals surface area contributed by atoms with Crippen LogP contribution < -0.4 is 19.7 Å². The van der Waals surface area contributed by atoms with Crippen molar-refractivity contribution < 1.29 is 14.3 Å². The van der Waals surface area contributed by atoms with Crippen molar-refractivity contribution in [3.63, 3.8) is 0 Å². The predicted molar refractivity (Wildman–Crippen MR) is 105 cm³/mol. The second-order valence-corrected chi connectivity index (χ2v) is 6.47. The van der Waals surface area contributed by atoms with Crippen molar-refractivity contribution in [2.24, 2.45) is 0 Å². The number of carbonyl (C=O) groups is 1. The zero-order chi connectivity index (χ0) is 19.9. The van der Waals surface area contributed by atoms with Gasteiger partial charge in [-0.15, -0.1) is 4.98 Å². The number of aromatic nitrogens is 3. The number of amides is 1. The molecule has 150 valence electrons. The van der Waals surface area contributed by atoms with E-state index in [1.807, 2.05) is 23.1 Å². The first-order valence-corrected chi connectivity index (χ1v) is 9.23. The van der Waals surface area contributed by atoms with Gasteiger partial charge in [-0.25, -0.2) is 0 Å². The van der Waals surface area contributed by atoms with Crippen LogP contribution in [0.2, 0.25) is 0 Å². The zero-order valence-corrected chi connectivity index (χ0v) is 16.5. The molecule has 1 aromatic heterocycles. The third-order valence-electron chi connectivity index (χ3n) is 4.78. The van der Waals surface area contributed by atoms with Gasteiger partial charge in [0.15, 0.2) is 0 Å². The Morgan fingerprint density at radius 3 is 2.39 bits per heavy atom. The number of hydrogen-bond donors (Lipinski definition) is 1. The van der Waals surface area contributed by atoms with Crippen LogP contribution in [-0.4, -0.2) is 79.2 Å². The number of piperazine rings is 1. The van der Waals surface area contributed by atoms with Gasteiger partial charge in [-0.1, -0.05) is 30.3 Å². The number of rotatable bonds is 7. The largest absolute Gasteiger partial charge is 0.467 e. The lowest BCUT2D eigenvalue weighted by Crippen LogP contribution is -2.59. The molecular weight excluding hydrogens is 360 g/mol. The van der Waals surface area contributed by atoms with E-state index in [-0.39, 0.29) is 17.9 Å². The van der Waals surface area contributed by atoms with Crippen LogP contribution in [0.5, 0.6) is 12.0 Å². The van der Waals surface area contributed by atoms with E-state index in [2.05, 4.69) is 37.3 Å². The minimum atomic E-state index is -0.411. The van der Waals surface area contributed by atoms with E-state index < -0.39 is 6.04 Å². The first kappa shape index (κ1) is 19.8. The van der Waals surface area contributed by atoms with Gasteiger partial charge in [-0.05, 0) is 12.0 Å². The summed E-state index contributed by atoms with van der Waals surface area (Å²) in [5, 5.41) is 2.75. The molecule has 0 aliphatic carbocycles. The van der Waals surface area contributed by atoms with E-state index in [1.165, 1.54) is 19.8 Å². The van der Waals surface area contributed by atoms with Gasteiger partial charge >= 0.3 is 12.0 Å². The molecule has 1 aliphatic heterocycles. The number of benzene rings is 1. The van der Waals surface area contributed by atoms with Gasteiger partial charge < -0.3 is 19.7 Å². The minimum absolute atomic E-state index is 0.0808. The van der Waals surface area contributed by atoms with Crippen LogP contribution in [-0.2, 0) is 11.2 Å². The number of ether oxygens (including phenoxy) is 2. The summed E-state index contributed by atoms with van der Waals surface area (Å²) in [7, 11) is 4.60. The van der Waals surface area contributed by atoms with Crippen LogP contribution in [0.4, 0.5) is 5.95 Å². The summed E-state index contributed by atoms with van der Waals surface area (Å²) in [5.41, 5.74) is 1.29. The van der Waals surface area contributed by atoms with E-state index in [0.29, 0.717) is 19.0 Å². The standard InChI is InChI=1S/C19H26N6O3/c1-20-16(26)15-13-24(10-9-14-7-5-4-6-8-14)11-12-25(15)17-21-18(27-2)23-19(22-17)28-3/h4-8,15H,9-13H2,1-3H3,(H,20,26). The third kappa shape index (κ3) is 4.66. The highest BCUT2D eigenvalue weighted by Gasteiger charge is 2.34. The highest BCUT2D eigenvalue weighted by Crippen LogP contribution is 2.21. The van der Waals surface area contributed by atoms with E-state index in [0.717, 1.165) is 19.5 Å². The Hall–Kier alpha value is -2.94. The Balaban J connectivity index is 1.75. The zero-order valence-electron chi connectivity index (χ0n) is 16.5. The SMILES string of the molecule is CNC(=O)C1CN(CCc2ccccc2)CCN1c1nc(OC)nc(OC)n1. The number of nitrogens with one attached hydrogen (secondary N) is 1. The normalized spacial score (nSPS) is 17.2. The number of anilines is 1. The summed E-state index contributed by atoms with van der Waals surface area (Å²) in [4.78, 5) is 29.4. The second-order valence-electron chi connectivity index (χ2n) is 6.47. The third-order valence-corrected chi connectivity index (χ3v) is 4.78. The summed E-state index contributed by atoms with van der Waals surface area (Å²) >= 11 is 0. The first-order valence-electron chi connectivity index (χ1n) is 9.23. The quantitative estimate of drug-likeness (QED) is 0.730. The molecule has 28 heavy (non-hydrogen) atoms. The van der Waals surface area contributed by atoms with Gasteiger partial charge in [-0.2, -0.15) is 9.97 Å². The number of methoxy groups -OCH3 is 2. The van der Waals surface area contributed by atoms with Crippen LogP contribution in [0.3, 0.4) is 0 Å². The van der Waals surface area contributed by atoms with Crippen molar-refractivity contribution in [1.29, 1.82) is 0 Å². The van der Waals surface area contributed by atoms with Crippen LogP contribution in [0.1, 0.15) is 5.56 Å². The summed E-state index contributed by atoms with van der Waals surface area (Å²) in [6.07, 6.45) is 0.939. The average molecular weight is 386 g/mol. The number of carbonyl (C=O) groups excluding carboxylic acids is 1. The summed E-state index contributed by atoms with van der Waals surface area (Å²) < 4.78 is 10.3. The lowest BCUT2D eigenvalue weighted by Gasteiger charge is -2.40. The predicted octanol–water partition coefficient (Wildman–Crippen LogP) is 0.368. The molecule has 0 radical (unpaired) electrons. The van der Waals surface area contributed by atoms with Crippen molar-refractivity contribution in [2.75, 3.05) is 52.3 Å². The van der Waals surface area contributed by atoms with Gasteiger partial charge in [-0.3, -0.25) is 9.69 Å². The fourth-order valence-electron chi connectivity index (χ4n) is 3.24. The smallest absolute Gasteiger partial charge is 0.324 e. The van der Waals surface area contributed by atoms with E-state index in [1.54, 1.807) is 7.05 Å². The second kappa shape index (κ2) is 9.32. The molecule has 1 fully saturated rings. The Morgan fingerprint density at radius 2 is 1.79 bits per heavy atom. The molecule has 1 aliphatic rings. The monoisotopic (exact) mass is 386 g/mol. The maximum Gasteiger partial charge on any atom is 0.324 e. The van der Waals surface area contributed by atoms with Crippen molar-refractivity contribution in [3.8, 4) is 12.0 Å². The molecule has 0 spiro atoms. The Bertz CT molecular complexity index is 766. The molecular formula is C19H26N6O3. The number of hydrogen-bond acceptors (Lipinski definition) is 8. The van der Waals surface area contributed by atoms with Crippen molar-refractivity contribution >= 4 is 11.9 Å². The van der Waals surface area contributed by atoms with Crippen molar-refractivity contribution in [3.05, 3.63) is 35.9 Å². The molecule has 1 aromatic carbocycles. The van der Waals surface area contributed by atoms with Crippen molar-refractivity contribution in [2.45, 2.75) is 12.5 Å². The number of likely N-dealkylation sites (N-methyl/N-ethyl adjacent to an activating group) is 1. The Labute approximate surface area is 164 Å². The lowest BCUT2D eigenvalue weighted by atomic mass is 10.1. The molecule has 2 aromatic rings. The maximum absolute atomic E-state index is 12.6. The first-order chi connectivity index (χ1) is 13.6. The molecule has 9 nitrogen and oxygen atoms in total. The Kier molecular flexibility index (Phi) is 6.59. The summed E-state index contributed by atoms with van der Waals surface area (Å²) in [6, 6.07) is 10.2. The average Bonchev–Trinajstić information content (AvgIpc) is 2.77. The molecule has 1 N–H and O–H groups in total. The molecule has 0 bridgehead atoms. The van der Waals surface area contributed by atoms with E-state index >= 15 is 0 Å². The van der Waals surface area contributed by atoms with Crippen LogP contribution in [0.25, 0.3) is 0 Å². The van der Waals surface area contributed by atoms with Gasteiger partial charge in [0.05, 0.1) is 14.2 Å². The van der Waals surface area contributed by atoms with Gasteiger partial charge in [0.25, 0.3) is 0 Å². The molecule has 1 amide bonds. The van der Waals surface area contributed by atoms with Gasteiger partial charge in [0.2, 0.25) is 11.9 Å². The van der Waals surface area contributed by atoms with Crippen molar-refractivity contribution in [1.82, 2.24) is 25.2 Å². The highest BCUT2D eigenvalue weighted by atomic mass is 16.5. The summed E-state index contributed by atoms with van der Waals surface area (Å²) in [6.45, 7) is 2.89. The minimum Gasteiger partial charge on any atom is -0.467 e. The van der Waals surface area contributed by atoms with Gasteiger partial charge in [0, 0.05) is 33.2 Å². The fraction of sp³-hybridized carbons (Fsp3) is 0.474. The Morgan fingerprint density at radius 1 is 1.11 bits per heavy atom. The van der Waals surface area contributed by atoms with E-state index in [4.69, 9.17) is 9.47 Å². The van der Waals surface area contributed by atoms with Crippen LogP contribution in [0, 0.1) is 0 Å². The molecule has 1 atom stereocenters. The van der Waals surface area contributed by atoms with Gasteiger partial charge in [0.1, 0.15) is 6.04 Å². The number of nitrogens with zero attached hydrogens (tertiary/aromatic N) is 5. The molecule has 0 saturated carbocycles. The topological polar surface area (TPSA) is 92.7 Å². The molecule has 1 saturated heterocycles. The maximum atomic E-state index is 12.6. The van der Waals surface area contributed by atoms with Crippen LogP contribution in [0.15, 0.2) is 30.3 Å². The molecule has 3 rings (SSSR count). The molecule has 9 heteroatoms. The molecule has 2 heterocycles. The summed E-state index contributed by atoms with van der Waals surface area (Å²) in [5.74, 6) is 0.294. The highest BCUT2D eigenvalue weighted by molar-refractivity contribution is 5.85. The van der Waals surface area contributed by atoms with Crippen LogP contribution >= 0.6 is 0 Å². The van der Waals surface area contributed by atoms with E-state index in [9.17, 15) is 4.79 Å². The fourth-order valence-corrected chi connectivity index (χ4v) is 3.24. The molecule has 1 unspecified atom stereocenters. The lowest BCUT2D eigenvalue weighted by molar-refractivity contribution is -0.122.